The molecule has 1 aliphatic carbocycles. The molecule has 0 heterocycles. The van der Waals surface area contributed by atoms with E-state index in [0.29, 0.717) is 11.3 Å². The number of rotatable bonds is 1. The highest BCUT2D eigenvalue weighted by molar-refractivity contribution is 5.39. The summed E-state index contributed by atoms with van der Waals surface area (Å²) in [6.45, 7) is 9.30. The van der Waals surface area contributed by atoms with Crippen LogP contribution in [0.4, 0.5) is 0 Å². The summed E-state index contributed by atoms with van der Waals surface area (Å²) in [5.74, 6) is 0.653. The largest absolute Gasteiger partial charge is 0.0587 e. The molecule has 0 heteroatoms. The van der Waals surface area contributed by atoms with Crippen LogP contribution in [-0.2, 0) is 11.8 Å². The van der Waals surface area contributed by atoms with Crippen molar-refractivity contribution in [3.63, 3.8) is 0 Å². The molecule has 0 saturated carbocycles. The van der Waals surface area contributed by atoms with Gasteiger partial charge in [-0.05, 0) is 47.3 Å². The molecular weight excluding hydrogens is 180 g/mol. The van der Waals surface area contributed by atoms with Gasteiger partial charge in [-0.15, -0.1) is 0 Å². The second-order valence-electron chi connectivity index (χ2n) is 5.81. The molecule has 0 unspecified atom stereocenters. The predicted molar refractivity (Wildman–Crippen MR) is 66.5 cm³/mol. The van der Waals surface area contributed by atoms with Crippen molar-refractivity contribution in [1.29, 1.82) is 0 Å². The molecule has 1 aromatic carbocycles. The summed E-state index contributed by atoms with van der Waals surface area (Å²) >= 11 is 0. The highest BCUT2D eigenvalue weighted by Crippen LogP contribution is 2.37. The van der Waals surface area contributed by atoms with Crippen molar-refractivity contribution < 1.29 is 0 Å². The number of hydrogen-bond donors (Lipinski definition) is 0. The summed E-state index contributed by atoms with van der Waals surface area (Å²) in [5.41, 5.74) is 5.06. The van der Waals surface area contributed by atoms with E-state index < -0.39 is 0 Å². The fourth-order valence-corrected chi connectivity index (χ4v) is 2.70. The van der Waals surface area contributed by atoms with Crippen molar-refractivity contribution in [2.75, 3.05) is 0 Å². The number of benzene rings is 1. The van der Waals surface area contributed by atoms with Gasteiger partial charge in [0.05, 0.1) is 0 Å². The minimum absolute atomic E-state index is 0.392. The summed E-state index contributed by atoms with van der Waals surface area (Å²) in [7, 11) is 0. The Kier molecular flexibility index (Phi) is 2.62. The Morgan fingerprint density at radius 1 is 1.20 bits per heavy atom. The van der Waals surface area contributed by atoms with Crippen molar-refractivity contribution in [3.8, 4) is 0 Å². The van der Waals surface area contributed by atoms with Gasteiger partial charge in [-0.1, -0.05) is 45.9 Å². The lowest BCUT2D eigenvalue weighted by Crippen LogP contribution is -2.23. The molecule has 0 radical (unpaired) electrons. The van der Waals surface area contributed by atoms with E-state index in [0.717, 1.165) is 0 Å². The van der Waals surface area contributed by atoms with Crippen molar-refractivity contribution in [1.82, 2.24) is 0 Å². The van der Waals surface area contributed by atoms with E-state index >= 15 is 0 Å². The average molecular weight is 202 g/mol. The molecule has 0 N–H and O–H groups in total. The fraction of sp³-hybridized carbons (Fsp3) is 0.600. The lowest BCUT2D eigenvalue weighted by molar-refractivity contribution is 0.431. The summed E-state index contributed by atoms with van der Waals surface area (Å²) < 4.78 is 0. The smallest absolute Gasteiger partial charge is 0.0101 e. The molecule has 0 saturated heterocycles. The number of fused-ring (bicyclic) bond motifs is 1. The van der Waals surface area contributed by atoms with Crippen LogP contribution in [0.5, 0.6) is 0 Å². The van der Waals surface area contributed by atoms with Crippen LogP contribution in [0.2, 0.25) is 0 Å². The molecule has 82 valence electrons. The third-order valence-corrected chi connectivity index (χ3v) is 3.77. The molecule has 0 fully saturated rings. The molecule has 0 aromatic heterocycles. The zero-order valence-corrected chi connectivity index (χ0v) is 10.4. The highest BCUT2D eigenvalue weighted by atomic mass is 14.3. The van der Waals surface area contributed by atoms with Crippen LogP contribution in [0.15, 0.2) is 18.2 Å². The minimum Gasteiger partial charge on any atom is -0.0587 e. The molecule has 15 heavy (non-hydrogen) atoms. The SMILES string of the molecule is CC(C)c1ccc2c(c1)CCCC2(C)C. The van der Waals surface area contributed by atoms with E-state index in [1.54, 1.807) is 11.1 Å². The topological polar surface area (TPSA) is 0 Å². The summed E-state index contributed by atoms with van der Waals surface area (Å²) in [5, 5.41) is 0. The van der Waals surface area contributed by atoms with Gasteiger partial charge in [0, 0.05) is 0 Å². The molecule has 0 bridgehead atoms. The van der Waals surface area contributed by atoms with Gasteiger partial charge < -0.3 is 0 Å². The zero-order valence-electron chi connectivity index (χ0n) is 10.4. The van der Waals surface area contributed by atoms with Crippen LogP contribution in [0.1, 0.15) is 63.1 Å². The molecule has 0 atom stereocenters. The van der Waals surface area contributed by atoms with Gasteiger partial charge in [0.25, 0.3) is 0 Å². The third kappa shape index (κ3) is 1.95. The second-order valence-corrected chi connectivity index (χ2v) is 5.81. The lowest BCUT2D eigenvalue weighted by atomic mass is 9.72. The lowest BCUT2D eigenvalue weighted by Gasteiger charge is -2.33. The maximum Gasteiger partial charge on any atom is -0.0101 e. The van der Waals surface area contributed by atoms with Gasteiger partial charge in [0.1, 0.15) is 0 Å². The molecule has 0 spiro atoms. The summed E-state index contributed by atoms with van der Waals surface area (Å²) in [4.78, 5) is 0. The Morgan fingerprint density at radius 2 is 1.93 bits per heavy atom. The standard InChI is InChI=1S/C15H22/c1-11(2)12-7-8-14-13(10-12)6-5-9-15(14,3)4/h7-8,10-11H,5-6,9H2,1-4H3. The first kappa shape index (κ1) is 10.7. The first-order valence-electron chi connectivity index (χ1n) is 6.14. The Hall–Kier alpha value is -0.780. The van der Waals surface area contributed by atoms with Crippen LogP contribution in [0.3, 0.4) is 0 Å². The normalized spacial score (nSPS) is 19.0. The van der Waals surface area contributed by atoms with E-state index in [4.69, 9.17) is 0 Å². The van der Waals surface area contributed by atoms with E-state index in [1.165, 1.54) is 24.8 Å². The van der Waals surface area contributed by atoms with Gasteiger partial charge in [-0.25, -0.2) is 0 Å². The summed E-state index contributed by atoms with van der Waals surface area (Å²) in [6.07, 6.45) is 3.96. The van der Waals surface area contributed by atoms with Crippen LogP contribution in [0, 0.1) is 0 Å². The van der Waals surface area contributed by atoms with Crippen molar-refractivity contribution in [2.24, 2.45) is 0 Å². The highest BCUT2D eigenvalue weighted by Gasteiger charge is 2.27. The van der Waals surface area contributed by atoms with Crippen LogP contribution >= 0.6 is 0 Å². The molecule has 1 aliphatic rings. The maximum atomic E-state index is 2.43. The predicted octanol–water partition coefficient (Wildman–Crippen LogP) is 4.42. The van der Waals surface area contributed by atoms with Crippen molar-refractivity contribution in [3.05, 3.63) is 34.9 Å². The fourth-order valence-electron chi connectivity index (χ4n) is 2.70. The molecule has 2 rings (SSSR count). The van der Waals surface area contributed by atoms with E-state index in [9.17, 15) is 0 Å². The minimum atomic E-state index is 0.392. The average Bonchev–Trinajstić information content (AvgIpc) is 2.16. The monoisotopic (exact) mass is 202 g/mol. The van der Waals surface area contributed by atoms with Crippen LogP contribution in [0.25, 0.3) is 0 Å². The Bertz CT molecular complexity index is 358. The molecule has 0 amide bonds. The molecule has 1 aromatic rings. The van der Waals surface area contributed by atoms with Crippen molar-refractivity contribution in [2.45, 2.75) is 58.3 Å². The maximum absolute atomic E-state index is 2.43. The quantitative estimate of drug-likeness (QED) is 0.632. The van der Waals surface area contributed by atoms with Crippen LogP contribution in [-0.4, -0.2) is 0 Å². The Balaban J connectivity index is 2.45. The zero-order chi connectivity index (χ0) is 11.1. The molecule has 0 nitrogen and oxygen atoms in total. The van der Waals surface area contributed by atoms with Gasteiger partial charge in [-0.3, -0.25) is 0 Å². The van der Waals surface area contributed by atoms with Gasteiger partial charge in [-0.2, -0.15) is 0 Å². The third-order valence-electron chi connectivity index (χ3n) is 3.77. The number of aryl methyl sites for hydroxylation is 1. The first-order valence-corrected chi connectivity index (χ1v) is 6.14. The second kappa shape index (κ2) is 3.66. The van der Waals surface area contributed by atoms with Crippen molar-refractivity contribution >= 4 is 0 Å². The molecule has 0 aliphatic heterocycles. The number of hydrogen-bond acceptors (Lipinski definition) is 0. The van der Waals surface area contributed by atoms with E-state index in [2.05, 4.69) is 45.9 Å². The molecular formula is C15H22. The van der Waals surface area contributed by atoms with E-state index in [1.807, 2.05) is 0 Å². The van der Waals surface area contributed by atoms with Crippen LogP contribution < -0.4 is 0 Å². The Labute approximate surface area is 93.7 Å². The van der Waals surface area contributed by atoms with Gasteiger partial charge in [0.15, 0.2) is 0 Å². The first-order chi connectivity index (χ1) is 7.00. The van der Waals surface area contributed by atoms with E-state index in [-0.39, 0.29) is 0 Å². The van der Waals surface area contributed by atoms with Gasteiger partial charge >= 0.3 is 0 Å². The summed E-state index contributed by atoms with van der Waals surface area (Å²) in [6, 6.07) is 7.11. The van der Waals surface area contributed by atoms with Gasteiger partial charge in [0.2, 0.25) is 0 Å². The Morgan fingerprint density at radius 3 is 2.60 bits per heavy atom.